The van der Waals surface area contributed by atoms with Gasteiger partial charge in [-0.05, 0) is 63.4 Å². The van der Waals surface area contributed by atoms with Gasteiger partial charge in [-0.3, -0.25) is 4.98 Å². The van der Waals surface area contributed by atoms with E-state index in [0.717, 1.165) is 12.3 Å². The molecule has 1 aliphatic rings. The summed E-state index contributed by atoms with van der Waals surface area (Å²) in [4.78, 5) is 7.19. The minimum atomic E-state index is 0.822. The third kappa shape index (κ3) is 4.94. The number of hydrogen-bond acceptors (Lipinski definition) is 2. The second-order valence-electron chi connectivity index (χ2n) is 5.97. The Bertz CT molecular complexity index is 358. The molecule has 0 radical (unpaired) electrons. The molecule has 2 heterocycles. The molecule has 0 spiro atoms. The van der Waals surface area contributed by atoms with Gasteiger partial charge in [0, 0.05) is 11.9 Å². The van der Waals surface area contributed by atoms with Crippen LogP contribution in [0.4, 0.5) is 0 Å². The van der Waals surface area contributed by atoms with Crippen LogP contribution in [0.2, 0.25) is 0 Å². The lowest BCUT2D eigenvalue weighted by Gasteiger charge is -2.21. The van der Waals surface area contributed by atoms with E-state index in [2.05, 4.69) is 35.9 Å². The topological polar surface area (TPSA) is 16.1 Å². The van der Waals surface area contributed by atoms with Gasteiger partial charge in [-0.1, -0.05) is 32.3 Å². The lowest BCUT2D eigenvalue weighted by Crippen LogP contribution is -2.26. The second kappa shape index (κ2) is 7.64. The fraction of sp³-hybridized carbons (Fsp3) is 0.706. The van der Waals surface area contributed by atoms with Crippen molar-refractivity contribution in [3.8, 4) is 0 Å². The molecule has 0 saturated carbocycles. The highest BCUT2D eigenvalue weighted by atomic mass is 15.1. The fourth-order valence-electron chi connectivity index (χ4n) is 3.00. The van der Waals surface area contributed by atoms with Crippen molar-refractivity contribution >= 4 is 0 Å². The van der Waals surface area contributed by atoms with E-state index in [1.165, 1.54) is 63.0 Å². The van der Waals surface area contributed by atoms with E-state index >= 15 is 0 Å². The average Bonchev–Trinajstić information content (AvgIpc) is 2.53. The van der Waals surface area contributed by atoms with Crippen molar-refractivity contribution in [3.63, 3.8) is 0 Å². The molecule has 2 rings (SSSR count). The third-order valence-electron chi connectivity index (χ3n) is 4.36. The lowest BCUT2D eigenvalue weighted by atomic mass is 9.93. The van der Waals surface area contributed by atoms with Crippen LogP contribution in [0.1, 0.15) is 50.3 Å². The van der Waals surface area contributed by atoms with Crippen molar-refractivity contribution in [2.75, 3.05) is 19.6 Å². The van der Waals surface area contributed by atoms with Crippen LogP contribution in [0.15, 0.2) is 18.3 Å². The van der Waals surface area contributed by atoms with E-state index in [1.807, 2.05) is 6.20 Å². The molecule has 0 aliphatic carbocycles. The van der Waals surface area contributed by atoms with Crippen LogP contribution < -0.4 is 0 Å². The Morgan fingerprint density at radius 1 is 1.16 bits per heavy atom. The summed E-state index contributed by atoms with van der Waals surface area (Å²) in [6, 6.07) is 4.40. The smallest absolute Gasteiger partial charge is 0.0406 e. The first-order valence-corrected chi connectivity index (χ1v) is 7.92. The van der Waals surface area contributed by atoms with Crippen molar-refractivity contribution in [2.24, 2.45) is 5.92 Å². The number of aryl methyl sites for hydroxylation is 1. The number of nitrogens with zero attached hydrogens (tertiary/aromatic N) is 2. The van der Waals surface area contributed by atoms with Gasteiger partial charge in [-0.2, -0.15) is 0 Å². The molecule has 0 aromatic carbocycles. The summed E-state index contributed by atoms with van der Waals surface area (Å²) < 4.78 is 0. The minimum Gasteiger partial charge on any atom is -0.304 e. The van der Waals surface area contributed by atoms with E-state index in [4.69, 9.17) is 0 Å². The Hall–Kier alpha value is -0.890. The molecule has 1 fully saturated rings. The standard InChI is InChI=1S/C17H28N2/c1-3-19-11-6-4-5-7-16(10-12-19)13-17-9-8-15(2)14-18-17/h8-9,14,16H,3-7,10-13H2,1-2H3. The molecule has 0 amide bonds. The van der Waals surface area contributed by atoms with Gasteiger partial charge in [0.25, 0.3) is 0 Å². The van der Waals surface area contributed by atoms with E-state index in [1.54, 1.807) is 0 Å². The van der Waals surface area contributed by atoms with Gasteiger partial charge in [0.15, 0.2) is 0 Å². The van der Waals surface area contributed by atoms with Crippen LogP contribution in [0.5, 0.6) is 0 Å². The summed E-state index contributed by atoms with van der Waals surface area (Å²) in [5.74, 6) is 0.822. The van der Waals surface area contributed by atoms with Crippen molar-refractivity contribution < 1.29 is 0 Å². The van der Waals surface area contributed by atoms with Crippen LogP contribution >= 0.6 is 0 Å². The molecule has 19 heavy (non-hydrogen) atoms. The van der Waals surface area contributed by atoms with Gasteiger partial charge < -0.3 is 4.90 Å². The van der Waals surface area contributed by atoms with Gasteiger partial charge in [-0.15, -0.1) is 0 Å². The average molecular weight is 260 g/mol. The highest BCUT2D eigenvalue weighted by Gasteiger charge is 2.14. The number of pyridine rings is 1. The van der Waals surface area contributed by atoms with E-state index in [0.29, 0.717) is 0 Å². The summed E-state index contributed by atoms with van der Waals surface area (Å²) in [7, 11) is 0. The number of rotatable bonds is 3. The minimum absolute atomic E-state index is 0.822. The first-order valence-electron chi connectivity index (χ1n) is 7.92. The zero-order valence-electron chi connectivity index (χ0n) is 12.6. The molecule has 1 saturated heterocycles. The van der Waals surface area contributed by atoms with Crippen LogP contribution in [0.3, 0.4) is 0 Å². The normalized spacial score (nSPS) is 22.5. The van der Waals surface area contributed by atoms with E-state index < -0.39 is 0 Å². The highest BCUT2D eigenvalue weighted by molar-refractivity contribution is 5.12. The molecular weight excluding hydrogens is 232 g/mol. The van der Waals surface area contributed by atoms with Crippen LogP contribution in [0, 0.1) is 12.8 Å². The van der Waals surface area contributed by atoms with Gasteiger partial charge in [0.05, 0.1) is 0 Å². The predicted octanol–water partition coefficient (Wildman–Crippen LogP) is 3.83. The van der Waals surface area contributed by atoms with Gasteiger partial charge in [-0.25, -0.2) is 0 Å². The Morgan fingerprint density at radius 3 is 2.79 bits per heavy atom. The first-order chi connectivity index (χ1) is 9.28. The molecule has 2 nitrogen and oxygen atoms in total. The zero-order chi connectivity index (χ0) is 13.5. The molecule has 0 bridgehead atoms. The van der Waals surface area contributed by atoms with Crippen LogP contribution in [-0.4, -0.2) is 29.5 Å². The summed E-state index contributed by atoms with van der Waals surface area (Å²) in [6.45, 7) is 8.17. The summed E-state index contributed by atoms with van der Waals surface area (Å²) >= 11 is 0. The van der Waals surface area contributed by atoms with Gasteiger partial charge in [0.1, 0.15) is 0 Å². The lowest BCUT2D eigenvalue weighted by molar-refractivity contribution is 0.266. The monoisotopic (exact) mass is 260 g/mol. The highest BCUT2D eigenvalue weighted by Crippen LogP contribution is 2.21. The maximum Gasteiger partial charge on any atom is 0.0406 e. The molecule has 1 atom stereocenters. The summed E-state index contributed by atoms with van der Waals surface area (Å²) in [5, 5.41) is 0. The molecule has 0 N–H and O–H groups in total. The first kappa shape index (κ1) is 14.5. The van der Waals surface area contributed by atoms with Crippen molar-refractivity contribution in [2.45, 2.75) is 52.4 Å². The molecule has 2 heteroatoms. The number of hydrogen-bond donors (Lipinski definition) is 0. The molecule has 1 unspecified atom stereocenters. The van der Waals surface area contributed by atoms with Crippen LogP contribution in [-0.2, 0) is 6.42 Å². The van der Waals surface area contributed by atoms with Gasteiger partial charge >= 0.3 is 0 Å². The predicted molar refractivity (Wildman–Crippen MR) is 81.4 cm³/mol. The maximum atomic E-state index is 4.58. The summed E-state index contributed by atoms with van der Waals surface area (Å²) in [6.07, 6.45) is 10.1. The quantitative estimate of drug-likeness (QED) is 0.821. The molecule has 1 aromatic heterocycles. The Kier molecular flexibility index (Phi) is 5.84. The summed E-state index contributed by atoms with van der Waals surface area (Å²) in [5.41, 5.74) is 2.54. The largest absolute Gasteiger partial charge is 0.304 e. The van der Waals surface area contributed by atoms with E-state index in [9.17, 15) is 0 Å². The van der Waals surface area contributed by atoms with Crippen LogP contribution in [0.25, 0.3) is 0 Å². The fourth-order valence-corrected chi connectivity index (χ4v) is 3.00. The molecular formula is C17H28N2. The van der Waals surface area contributed by atoms with Crippen molar-refractivity contribution in [1.29, 1.82) is 0 Å². The second-order valence-corrected chi connectivity index (χ2v) is 5.97. The Morgan fingerprint density at radius 2 is 2.05 bits per heavy atom. The SMILES string of the molecule is CCN1CCCCCC(Cc2ccc(C)cn2)CC1. The third-order valence-corrected chi connectivity index (χ3v) is 4.36. The van der Waals surface area contributed by atoms with E-state index in [-0.39, 0.29) is 0 Å². The molecule has 1 aromatic rings. The number of aromatic nitrogens is 1. The Balaban J connectivity index is 1.91. The van der Waals surface area contributed by atoms with Gasteiger partial charge in [0.2, 0.25) is 0 Å². The van der Waals surface area contributed by atoms with Crippen molar-refractivity contribution in [1.82, 2.24) is 9.88 Å². The maximum absolute atomic E-state index is 4.58. The Labute approximate surface area is 118 Å². The molecule has 1 aliphatic heterocycles. The van der Waals surface area contributed by atoms with Crippen molar-refractivity contribution in [3.05, 3.63) is 29.6 Å². The zero-order valence-corrected chi connectivity index (χ0v) is 12.6. The molecule has 106 valence electrons.